The molecule has 0 radical (unpaired) electrons. The Morgan fingerprint density at radius 1 is 1.11 bits per heavy atom. The highest BCUT2D eigenvalue weighted by atomic mass is 32.2. The second kappa shape index (κ2) is 8.93. The molecule has 0 aliphatic rings. The highest BCUT2D eigenvalue weighted by Crippen LogP contribution is 2.22. The maximum atomic E-state index is 13.7. The largest absolute Gasteiger partial charge is 0.386 e. The van der Waals surface area contributed by atoms with Crippen molar-refractivity contribution in [3.8, 4) is 0 Å². The van der Waals surface area contributed by atoms with Crippen LogP contribution in [0.25, 0.3) is 0 Å². The molecule has 9 heteroatoms. The van der Waals surface area contributed by atoms with Crippen molar-refractivity contribution in [2.45, 2.75) is 50.8 Å². The van der Waals surface area contributed by atoms with Crippen LogP contribution in [0.1, 0.15) is 39.4 Å². The van der Waals surface area contributed by atoms with Crippen LogP contribution in [0.2, 0.25) is 0 Å². The first kappa shape index (κ1) is 22.2. The Bertz CT molecular complexity index is 895. The molecule has 1 aromatic carbocycles. The molecule has 0 amide bonds. The van der Waals surface area contributed by atoms with Gasteiger partial charge in [0.25, 0.3) is 0 Å². The third-order valence-electron chi connectivity index (χ3n) is 4.13. The Morgan fingerprint density at radius 3 is 2.25 bits per heavy atom. The topological polar surface area (TPSA) is 82.5 Å². The van der Waals surface area contributed by atoms with Crippen molar-refractivity contribution in [2.24, 2.45) is 0 Å². The molecule has 0 aliphatic carbocycles. The zero-order valence-electron chi connectivity index (χ0n) is 16.2. The highest BCUT2D eigenvalue weighted by molar-refractivity contribution is 7.89. The van der Waals surface area contributed by atoms with Gasteiger partial charge in [-0.2, -0.15) is 4.31 Å². The molecule has 2 N–H and O–H groups in total. The van der Waals surface area contributed by atoms with Gasteiger partial charge in [-0.25, -0.2) is 22.2 Å². The van der Waals surface area contributed by atoms with E-state index in [1.807, 2.05) is 0 Å². The summed E-state index contributed by atoms with van der Waals surface area (Å²) >= 11 is 0. The summed E-state index contributed by atoms with van der Waals surface area (Å²) in [6, 6.07) is 5.42. The lowest BCUT2D eigenvalue weighted by atomic mass is 10.1. The number of benzene rings is 1. The minimum atomic E-state index is -3.69. The normalized spacial score (nSPS) is 13.4. The van der Waals surface area contributed by atoms with E-state index < -0.39 is 27.8 Å². The van der Waals surface area contributed by atoms with Gasteiger partial charge in [-0.1, -0.05) is 6.07 Å². The SMILES string of the molecule is CC(C)N(C(C)C)S(=O)(=O)c1ccc(NCC(O)c2ccc(F)cc2F)nc1. The van der Waals surface area contributed by atoms with Gasteiger partial charge < -0.3 is 10.4 Å². The Labute approximate surface area is 164 Å². The number of hydrogen-bond acceptors (Lipinski definition) is 5. The fourth-order valence-corrected chi connectivity index (χ4v) is 4.77. The minimum absolute atomic E-state index is 0.0439. The molecule has 154 valence electrons. The maximum absolute atomic E-state index is 13.7. The third kappa shape index (κ3) is 5.03. The second-order valence-electron chi connectivity index (χ2n) is 6.96. The standard InChI is InChI=1S/C19H25F2N3O3S/c1-12(2)24(13(3)4)28(26,27)15-6-8-19(22-10-15)23-11-18(25)16-7-5-14(20)9-17(16)21/h5-10,12-13,18,25H,11H2,1-4H3,(H,22,23). The van der Waals surface area contributed by atoms with E-state index in [1.54, 1.807) is 27.7 Å². The number of halogens is 2. The van der Waals surface area contributed by atoms with Crippen LogP contribution in [0.5, 0.6) is 0 Å². The van der Waals surface area contributed by atoms with Gasteiger partial charge in [-0.15, -0.1) is 0 Å². The van der Waals surface area contributed by atoms with E-state index in [0.717, 1.165) is 6.07 Å². The molecule has 2 aromatic rings. The van der Waals surface area contributed by atoms with Gasteiger partial charge in [0.2, 0.25) is 10.0 Å². The zero-order chi connectivity index (χ0) is 21.1. The number of nitrogens with one attached hydrogen (secondary N) is 1. The molecule has 0 saturated heterocycles. The summed E-state index contributed by atoms with van der Waals surface area (Å²) in [4.78, 5) is 4.13. The van der Waals surface area contributed by atoms with Crippen LogP contribution in [0.4, 0.5) is 14.6 Å². The van der Waals surface area contributed by atoms with Crippen LogP contribution in [0, 0.1) is 11.6 Å². The zero-order valence-corrected chi connectivity index (χ0v) is 17.0. The summed E-state index contributed by atoms with van der Waals surface area (Å²) in [6.07, 6.45) is 0.0171. The van der Waals surface area contributed by atoms with Crippen molar-refractivity contribution in [3.05, 3.63) is 53.7 Å². The van der Waals surface area contributed by atoms with Crippen LogP contribution in [-0.4, -0.2) is 41.4 Å². The first-order valence-electron chi connectivity index (χ1n) is 8.90. The van der Waals surface area contributed by atoms with Crippen LogP contribution in [0.3, 0.4) is 0 Å². The molecule has 0 aliphatic heterocycles. The summed E-state index contributed by atoms with van der Waals surface area (Å²) in [5, 5.41) is 12.9. The monoisotopic (exact) mass is 413 g/mol. The van der Waals surface area contributed by atoms with Gasteiger partial charge in [0.1, 0.15) is 22.3 Å². The van der Waals surface area contributed by atoms with Crippen LogP contribution < -0.4 is 5.32 Å². The van der Waals surface area contributed by atoms with E-state index in [4.69, 9.17) is 0 Å². The number of anilines is 1. The van der Waals surface area contributed by atoms with Gasteiger partial charge in [0, 0.05) is 36.5 Å². The van der Waals surface area contributed by atoms with Crippen molar-refractivity contribution in [3.63, 3.8) is 0 Å². The molecule has 0 spiro atoms. The molecule has 1 atom stereocenters. The smallest absolute Gasteiger partial charge is 0.245 e. The van der Waals surface area contributed by atoms with Gasteiger partial charge in [0.05, 0.1) is 6.10 Å². The molecule has 1 heterocycles. The predicted octanol–water partition coefficient (Wildman–Crippen LogP) is 3.31. The number of nitrogens with zero attached hydrogens (tertiary/aromatic N) is 2. The van der Waals surface area contributed by atoms with Gasteiger partial charge in [-0.05, 0) is 45.9 Å². The van der Waals surface area contributed by atoms with Gasteiger partial charge in [0.15, 0.2) is 0 Å². The fraction of sp³-hybridized carbons (Fsp3) is 0.421. The molecular formula is C19H25F2N3O3S. The molecule has 6 nitrogen and oxygen atoms in total. The average Bonchev–Trinajstić information content (AvgIpc) is 2.59. The Hall–Kier alpha value is -2.10. The van der Waals surface area contributed by atoms with Crippen molar-refractivity contribution in [1.82, 2.24) is 9.29 Å². The summed E-state index contributed by atoms with van der Waals surface area (Å²) in [7, 11) is -3.69. The summed E-state index contributed by atoms with van der Waals surface area (Å²) < 4.78 is 53.6. The number of aliphatic hydroxyl groups excluding tert-OH is 1. The van der Waals surface area contributed by atoms with Crippen molar-refractivity contribution in [2.75, 3.05) is 11.9 Å². The predicted molar refractivity (Wildman–Crippen MR) is 103 cm³/mol. The minimum Gasteiger partial charge on any atom is -0.386 e. The van der Waals surface area contributed by atoms with Crippen LogP contribution in [0.15, 0.2) is 41.4 Å². The summed E-state index contributed by atoms with van der Waals surface area (Å²) in [5.41, 5.74) is -0.0439. The first-order valence-corrected chi connectivity index (χ1v) is 10.3. The number of hydrogen-bond donors (Lipinski definition) is 2. The molecule has 1 aromatic heterocycles. The lowest BCUT2D eigenvalue weighted by molar-refractivity contribution is 0.186. The van der Waals surface area contributed by atoms with Crippen molar-refractivity contribution in [1.29, 1.82) is 0 Å². The second-order valence-corrected chi connectivity index (χ2v) is 8.81. The number of pyridine rings is 1. The summed E-state index contributed by atoms with van der Waals surface area (Å²) in [6.45, 7) is 7.13. The number of rotatable bonds is 8. The van der Waals surface area contributed by atoms with Gasteiger partial charge >= 0.3 is 0 Å². The fourth-order valence-electron chi connectivity index (χ4n) is 2.99. The van der Waals surface area contributed by atoms with E-state index in [0.29, 0.717) is 11.9 Å². The van der Waals surface area contributed by atoms with Crippen LogP contribution in [-0.2, 0) is 10.0 Å². The van der Waals surface area contributed by atoms with E-state index in [2.05, 4.69) is 10.3 Å². The molecule has 0 saturated carbocycles. The highest BCUT2D eigenvalue weighted by Gasteiger charge is 2.29. The molecule has 1 unspecified atom stereocenters. The molecule has 28 heavy (non-hydrogen) atoms. The quantitative estimate of drug-likeness (QED) is 0.694. The number of aromatic nitrogens is 1. The first-order chi connectivity index (χ1) is 13.0. The van der Waals surface area contributed by atoms with Gasteiger partial charge in [-0.3, -0.25) is 0 Å². The van der Waals surface area contributed by atoms with Crippen LogP contribution >= 0.6 is 0 Å². The lowest BCUT2D eigenvalue weighted by Gasteiger charge is -2.29. The molecular weight excluding hydrogens is 388 g/mol. The van der Waals surface area contributed by atoms with E-state index in [9.17, 15) is 22.3 Å². The third-order valence-corrected chi connectivity index (χ3v) is 6.36. The molecule has 2 rings (SSSR count). The van der Waals surface area contributed by atoms with E-state index >= 15 is 0 Å². The maximum Gasteiger partial charge on any atom is 0.245 e. The Balaban J connectivity index is 2.10. The Kier molecular flexibility index (Phi) is 7.08. The average molecular weight is 413 g/mol. The Morgan fingerprint density at radius 2 is 1.75 bits per heavy atom. The van der Waals surface area contributed by atoms with E-state index in [-0.39, 0.29) is 29.1 Å². The van der Waals surface area contributed by atoms with Crippen molar-refractivity contribution >= 4 is 15.8 Å². The molecule has 0 bridgehead atoms. The summed E-state index contributed by atoms with van der Waals surface area (Å²) in [5.74, 6) is -1.25. The van der Waals surface area contributed by atoms with E-state index in [1.165, 1.54) is 28.7 Å². The molecule has 0 fully saturated rings. The number of sulfonamides is 1. The lowest BCUT2D eigenvalue weighted by Crippen LogP contribution is -2.41. The van der Waals surface area contributed by atoms with Crippen molar-refractivity contribution < 1.29 is 22.3 Å². The number of aliphatic hydroxyl groups is 1.